The summed E-state index contributed by atoms with van der Waals surface area (Å²) in [5.74, 6) is -1.56. The third kappa shape index (κ3) is 1.78. The molecule has 20 heavy (non-hydrogen) atoms. The van der Waals surface area contributed by atoms with Gasteiger partial charge in [0.05, 0.1) is 17.8 Å². The molecule has 0 saturated heterocycles. The Morgan fingerprint density at radius 1 is 1.30 bits per heavy atom. The standard InChI is InChI=1S/C13H10FN3O3/c1-6-3-8-11(9(14)4-6)17(13(19)12(8)18)5-10-15-7(2)20-16-10/h3-4H,5H2,1-2H3. The molecule has 0 radical (unpaired) electrons. The summed E-state index contributed by atoms with van der Waals surface area (Å²) in [5.41, 5.74) is 0.639. The van der Waals surface area contributed by atoms with Gasteiger partial charge in [-0.05, 0) is 24.6 Å². The molecule has 0 atom stereocenters. The van der Waals surface area contributed by atoms with E-state index in [0.29, 0.717) is 11.5 Å². The van der Waals surface area contributed by atoms with Gasteiger partial charge in [0.25, 0.3) is 11.7 Å². The molecule has 0 spiro atoms. The van der Waals surface area contributed by atoms with Crippen molar-refractivity contribution in [2.45, 2.75) is 20.4 Å². The SMILES string of the molecule is Cc1cc(F)c2c(c1)C(=O)C(=O)N2Cc1noc(C)n1. The van der Waals surface area contributed by atoms with E-state index in [-0.39, 0.29) is 23.6 Å². The first kappa shape index (κ1) is 12.5. The molecule has 0 aliphatic carbocycles. The maximum absolute atomic E-state index is 14.0. The lowest BCUT2D eigenvalue weighted by atomic mass is 10.1. The number of halogens is 1. The predicted molar refractivity (Wildman–Crippen MR) is 65.7 cm³/mol. The lowest BCUT2D eigenvalue weighted by Gasteiger charge is -2.14. The van der Waals surface area contributed by atoms with Gasteiger partial charge in [-0.1, -0.05) is 5.16 Å². The molecule has 1 aliphatic heterocycles. The topological polar surface area (TPSA) is 76.3 Å². The molecule has 2 heterocycles. The molecule has 7 heteroatoms. The Morgan fingerprint density at radius 3 is 2.70 bits per heavy atom. The van der Waals surface area contributed by atoms with E-state index >= 15 is 0 Å². The van der Waals surface area contributed by atoms with E-state index < -0.39 is 17.5 Å². The van der Waals surface area contributed by atoms with Gasteiger partial charge >= 0.3 is 0 Å². The van der Waals surface area contributed by atoms with E-state index in [0.717, 1.165) is 4.90 Å². The number of Topliss-reactive ketones (excluding diaryl/α,β-unsaturated/α-hetero) is 1. The lowest BCUT2D eigenvalue weighted by molar-refractivity contribution is -0.114. The van der Waals surface area contributed by atoms with Crippen molar-refractivity contribution in [3.63, 3.8) is 0 Å². The number of nitrogens with zero attached hydrogens (tertiary/aromatic N) is 3. The van der Waals surface area contributed by atoms with Crippen molar-refractivity contribution >= 4 is 17.4 Å². The van der Waals surface area contributed by atoms with Crippen LogP contribution in [0.25, 0.3) is 0 Å². The summed E-state index contributed by atoms with van der Waals surface area (Å²) < 4.78 is 18.8. The van der Waals surface area contributed by atoms with Crippen LogP contribution in [0.2, 0.25) is 0 Å². The summed E-state index contributed by atoms with van der Waals surface area (Å²) in [4.78, 5) is 28.8. The average Bonchev–Trinajstić information content (AvgIpc) is 2.88. The fourth-order valence-electron chi connectivity index (χ4n) is 2.22. The first-order chi connectivity index (χ1) is 9.47. The van der Waals surface area contributed by atoms with Gasteiger partial charge in [0.15, 0.2) is 5.82 Å². The van der Waals surface area contributed by atoms with Gasteiger partial charge in [-0.15, -0.1) is 0 Å². The number of carbonyl (C=O) groups excluding carboxylic acids is 2. The number of benzene rings is 1. The second-order valence-electron chi connectivity index (χ2n) is 4.59. The minimum atomic E-state index is -0.785. The predicted octanol–water partition coefficient (Wildman–Crippen LogP) is 1.56. The van der Waals surface area contributed by atoms with Gasteiger partial charge in [-0.3, -0.25) is 14.5 Å². The molecule has 0 saturated carbocycles. The summed E-state index contributed by atoms with van der Waals surface area (Å²) in [7, 11) is 0. The van der Waals surface area contributed by atoms with Crippen molar-refractivity contribution in [1.29, 1.82) is 0 Å². The molecule has 0 N–H and O–H groups in total. The molecule has 3 rings (SSSR count). The zero-order chi connectivity index (χ0) is 14.4. The van der Waals surface area contributed by atoms with E-state index in [2.05, 4.69) is 10.1 Å². The van der Waals surface area contributed by atoms with E-state index in [1.165, 1.54) is 12.1 Å². The molecule has 1 aliphatic rings. The molecular weight excluding hydrogens is 265 g/mol. The van der Waals surface area contributed by atoms with Crippen molar-refractivity contribution in [3.05, 3.63) is 40.8 Å². The molecule has 1 amide bonds. The Labute approximate surface area is 113 Å². The van der Waals surface area contributed by atoms with Gasteiger partial charge in [0.1, 0.15) is 5.82 Å². The Hall–Kier alpha value is -2.57. The van der Waals surface area contributed by atoms with E-state index in [1.807, 2.05) is 0 Å². The van der Waals surface area contributed by atoms with Gasteiger partial charge < -0.3 is 4.52 Å². The molecular formula is C13H10FN3O3. The smallest absolute Gasteiger partial charge is 0.299 e. The van der Waals surface area contributed by atoms with Gasteiger partial charge in [-0.2, -0.15) is 4.98 Å². The highest BCUT2D eigenvalue weighted by molar-refractivity contribution is 6.52. The highest BCUT2D eigenvalue weighted by atomic mass is 19.1. The van der Waals surface area contributed by atoms with Crippen LogP contribution in [0.1, 0.15) is 27.6 Å². The largest absolute Gasteiger partial charge is 0.340 e. The Morgan fingerprint density at radius 2 is 2.05 bits per heavy atom. The normalized spacial score (nSPS) is 14.1. The number of hydrogen-bond donors (Lipinski definition) is 0. The summed E-state index contributed by atoms with van der Waals surface area (Å²) in [6.07, 6.45) is 0. The Bertz CT molecular complexity index is 738. The number of hydrogen-bond acceptors (Lipinski definition) is 5. The van der Waals surface area contributed by atoms with Crippen LogP contribution in [0.5, 0.6) is 0 Å². The number of rotatable bonds is 2. The van der Waals surface area contributed by atoms with Crippen molar-refractivity contribution in [2.75, 3.05) is 4.90 Å². The number of carbonyl (C=O) groups is 2. The van der Waals surface area contributed by atoms with Gasteiger partial charge in [0, 0.05) is 6.92 Å². The molecule has 0 fully saturated rings. The molecule has 1 aromatic carbocycles. The van der Waals surface area contributed by atoms with E-state index in [1.54, 1.807) is 13.8 Å². The van der Waals surface area contributed by atoms with Gasteiger partial charge in [-0.25, -0.2) is 4.39 Å². The average molecular weight is 275 g/mol. The van der Waals surface area contributed by atoms with Crippen LogP contribution in [-0.4, -0.2) is 21.8 Å². The fourth-order valence-corrected chi connectivity index (χ4v) is 2.22. The number of amides is 1. The summed E-state index contributed by atoms with van der Waals surface area (Å²) >= 11 is 0. The van der Waals surface area contributed by atoms with Crippen molar-refractivity contribution in [3.8, 4) is 0 Å². The highest BCUT2D eigenvalue weighted by Gasteiger charge is 2.38. The number of fused-ring (bicyclic) bond motifs is 1. The second kappa shape index (κ2) is 4.22. The van der Waals surface area contributed by atoms with Crippen LogP contribution in [0.3, 0.4) is 0 Å². The Kier molecular flexibility index (Phi) is 2.63. The highest BCUT2D eigenvalue weighted by Crippen LogP contribution is 2.33. The molecule has 102 valence electrons. The second-order valence-corrected chi connectivity index (χ2v) is 4.59. The van der Waals surface area contributed by atoms with Crippen LogP contribution >= 0.6 is 0 Å². The van der Waals surface area contributed by atoms with E-state index in [9.17, 15) is 14.0 Å². The summed E-state index contributed by atoms with van der Waals surface area (Å²) in [5, 5.41) is 3.65. The van der Waals surface area contributed by atoms with Crippen LogP contribution < -0.4 is 4.90 Å². The molecule has 2 aromatic rings. The fraction of sp³-hybridized carbons (Fsp3) is 0.231. The monoisotopic (exact) mass is 275 g/mol. The zero-order valence-electron chi connectivity index (χ0n) is 10.8. The van der Waals surface area contributed by atoms with Crippen molar-refractivity contribution < 1.29 is 18.5 Å². The van der Waals surface area contributed by atoms with Crippen LogP contribution in [0, 0.1) is 19.7 Å². The number of anilines is 1. The minimum absolute atomic E-state index is 0.0203. The van der Waals surface area contributed by atoms with Crippen LogP contribution in [0.15, 0.2) is 16.7 Å². The quantitative estimate of drug-likeness (QED) is 0.777. The van der Waals surface area contributed by atoms with Crippen LogP contribution in [-0.2, 0) is 11.3 Å². The van der Waals surface area contributed by atoms with Gasteiger partial charge in [0.2, 0.25) is 5.89 Å². The summed E-state index contributed by atoms with van der Waals surface area (Å²) in [6, 6.07) is 2.78. The molecule has 0 unspecified atom stereocenters. The maximum Gasteiger partial charge on any atom is 0.299 e. The van der Waals surface area contributed by atoms with E-state index in [4.69, 9.17) is 4.52 Å². The summed E-state index contributed by atoms with van der Waals surface area (Å²) in [6.45, 7) is 3.16. The first-order valence-corrected chi connectivity index (χ1v) is 5.93. The third-order valence-electron chi connectivity index (χ3n) is 3.03. The number of aryl methyl sites for hydroxylation is 2. The molecule has 6 nitrogen and oxygen atoms in total. The minimum Gasteiger partial charge on any atom is -0.340 e. The lowest BCUT2D eigenvalue weighted by Crippen LogP contribution is -2.30. The van der Waals surface area contributed by atoms with Crippen molar-refractivity contribution in [1.82, 2.24) is 10.1 Å². The third-order valence-corrected chi connectivity index (χ3v) is 3.03. The number of ketones is 1. The van der Waals surface area contributed by atoms with Crippen LogP contribution in [0.4, 0.5) is 10.1 Å². The molecule has 0 bridgehead atoms. The van der Waals surface area contributed by atoms with Crippen molar-refractivity contribution in [2.24, 2.45) is 0 Å². The Balaban J connectivity index is 2.06. The number of aromatic nitrogens is 2. The zero-order valence-corrected chi connectivity index (χ0v) is 10.8. The maximum atomic E-state index is 14.0. The molecule has 1 aromatic heterocycles. The first-order valence-electron chi connectivity index (χ1n) is 5.93.